The average Bonchev–Trinajstić information content (AvgIpc) is 2.35. The maximum Gasteiger partial charge on any atom is 0.126 e. The molecule has 0 spiro atoms. The van der Waals surface area contributed by atoms with Crippen molar-refractivity contribution in [2.24, 2.45) is 5.73 Å². The maximum atomic E-state index is 13.6. The summed E-state index contributed by atoms with van der Waals surface area (Å²) in [5, 5.41) is 9.59. The Hall–Kier alpha value is -0.930. The summed E-state index contributed by atoms with van der Waals surface area (Å²) in [7, 11) is 0. The van der Waals surface area contributed by atoms with Crippen LogP contribution in [0.5, 0.6) is 0 Å². The van der Waals surface area contributed by atoms with Crippen molar-refractivity contribution in [1.29, 1.82) is 0 Å². The van der Waals surface area contributed by atoms with Crippen LogP contribution in [0.25, 0.3) is 0 Å². The van der Waals surface area contributed by atoms with E-state index in [0.29, 0.717) is 12.1 Å². The van der Waals surface area contributed by atoms with Gasteiger partial charge in [-0.3, -0.25) is 0 Å². The minimum Gasteiger partial charge on any atom is -0.393 e. The smallest absolute Gasteiger partial charge is 0.126 e. The fraction of sp³-hybridized carbons (Fsp3) is 0.571. The minimum absolute atomic E-state index is 0.147. The van der Waals surface area contributed by atoms with Gasteiger partial charge in [0.05, 0.1) is 6.10 Å². The van der Waals surface area contributed by atoms with E-state index in [-0.39, 0.29) is 17.3 Å². The first kappa shape index (κ1) is 12.5. The summed E-state index contributed by atoms with van der Waals surface area (Å²) in [5.74, 6) is -0.165. The van der Waals surface area contributed by atoms with E-state index in [0.717, 1.165) is 31.2 Å². The molecule has 1 aliphatic rings. The summed E-state index contributed by atoms with van der Waals surface area (Å²) < 4.78 is 13.6. The molecular formula is C14H20FNO. The van der Waals surface area contributed by atoms with Crippen LogP contribution in [0, 0.1) is 12.7 Å². The maximum absolute atomic E-state index is 13.6. The lowest BCUT2D eigenvalue weighted by molar-refractivity contribution is 0.0971. The van der Waals surface area contributed by atoms with Crippen molar-refractivity contribution in [3.63, 3.8) is 0 Å². The summed E-state index contributed by atoms with van der Waals surface area (Å²) >= 11 is 0. The van der Waals surface area contributed by atoms with Gasteiger partial charge in [0.2, 0.25) is 0 Å². The molecule has 3 heteroatoms. The molecule has 0 unspecified atom stereocenters. The average molecular weight is 237 g/mol. The predicted molar refractivity (Wildman–Crippen MR) is 66.3 cm³/mol. The first-order valence-electron chi connectivity index (χ1n) is 6.23. The molecule has 2 nitrogen and oxygen atoms in total. The van der Waals surface area contributed by atoms with E-state index < -0.39 is 0 Å². The molecule has 94 valence electrons. The van der Waals surface area contributed by atoms with Crippen LogP contribution < -0.4 is 5.73 Å². The van der Waals surface area contributed by atoms with Gasteiger partial charge in [-0.05, 0) is 49.8 Å². The quantitative estimate of drug-likeness (QED) is 0.828. The molecule has 1 aliphatic carbocycles. The number of aliphatic hydroxyl groups is 1. The van der Waals surface area contributed by atoms with Crippen LogP contribution in [0.2, 0.25) is 0 Å². The zero-order chi connectivity index (χ0) is 12.5. The van der Waals surface area contributed by atoms with Crippen LogP contribution >= 0.6 is 0 Å². The Balaban J connectivity index is 2.38. The summed E-state index contributed by atoms with van der Waals surface area (Å²) in [4.78, 5) is 0. The van der Waals surface area contributed by atoms with Crippen molar-refractivity contribution in [2.75, 3.05) is 6.54 Å². The Labute approximate surface area is 102 Å². The molecule has 0 saturated heterocycles. The Morgan fingerprint density at radius 3 is 2.65 bits per heavy atom. The van der Waals surface area contributed by atoms with E-state index in [1.165, 1.54) is 6.07 Å². The zero-order valence-corrected chi connectivity index (χ0v) is 10.2. The van der Waals surface area contributed by atoms with Crippen LogP contribution in [-0.2, 0) is 5.41 Å². The zero-order valence-electron chi connectivity index (χ0n) is 10.2. The molecule has 1 aromatic rings. The molecular weight excluding hydrogens is 217 g/mol. The van der Waals surface area contributed by atoms with Gasteiger partial charge < -0.3 is 10.8 Å². The fourth-order valence-corrected chi connectivity index (χ4v) is 2.92. The Bertz CT molecular complexity index is 397. The highest BCUT2D eigenvalue weighted by Gasteiger charge is 2.36. The van der Waals surface area contributed by atoms with Crippen LogP contribution in [-0.4, -0.2) is 17.8 Å². The lowest BCUT2D eigenvalue weighted by Gasteiger charge is -2.39. The third-order valence-electron chi connectivity index (χ3n) is 4.14. The van der Waals surface area contributed by atoms with Gasteiger partial charge in [-0.1, -0.05) is 12.1 Å². The van der Waals surface area contributed by atoms with Crippen molar-refractivity contribution in [3.05, 3.63) is 35.1 Å². The highest BCUT2D eigenvalue weighted by molar-refractivity contribution is 5.35. The van der Waals surface area contributed by atoms with Gasteiger partial charge in [0, 0.05) is 12.0 Å². The second-order valence-corrected chi connectivity index (χ2v) is 5.13. The lowest BCUT2D eigenvalue weighted by atomic mass is 9.67. The third kappa shape index (κ3) is 2.22. The van der Waals surface area contributed by atoms with Gasteiger partial charge >= 0.3 is 0 Å². The Kier molecular flexibility index (Phi) is 3.50. The number of nitrogens with two attached hydrogens (primary N) is 1. The molecule has 1 saturated carbocycles. The SMILES string of the molecule is Cc1c(F)cccc1C1(CN)CCC(O)CC1. The van der Waals surface area contributed by atoms with Gasteiger partial charge in [-0.2, -0.15) is 0 Å². The second-order valence-electron chi connectivity index (χ2n) is 5.13. The molecule has 0 aromatic heterocycles. The molecule has 17 heavy (non-hydrogen) atoms. The molecule has 0 bridgehead atoms. The largest absolute Gasteiger partial charge is 0.393 e. The first-order valence-corrected chi connectivity index (χ1v) is 6.23. The predicted octanol–water partition coefficient (Wildman–Crippen LogP) is 2.27. The van der Waals surface area contributed by atoms with Crippen LogP contribution in [0.3, 0.4) is 0 Å². The highest BCUT2D eigenvalue weighted by Crippen LogP contribution is 2.40. The molecule has 0 atom stereocenters. The molecule has 0 aliphatic heterocycles. The van der Waals surface area contributed by atoms with E-state index in [2.05, 4.69) is 0 Å². The standard InChI is InChI=1S/C14H20FNO/c1-10-12(3-2-4-13(10)15)14(9-16)7-5-11(17)6-8-14/h2-4,11,17H,5-9,16H2,1H3. The van der Waals surface area contributed by atoms with Crippen molar-refractivity contribution in [3.8, 4) is 0 Å². The number of hydrogen-bond donors (Lipinski definition) is 2. The number of aliphatic hydroxyl groups excluding tert-OH is 1. The van der Waals surface area contributed by atoms with E-state index >= 15 is 0 Å². The van der Waals surface area contributed by atoms with Crippen LogP contribution in [0.15, 0.2) is 18.2 Å². The first-order chi connectivity index (χ1) is 8.09. The summed E-state index contributed by atoms with van der Waals surface area (Å²) in [5.41, 5.74) is 7.51. The molecule has 1 fully saturated rings. The highest BCUT2D eigenvalue weighted by atomic mass is 19.1. The van der Waals surface area contributed by atoms with Crippen molar-refractivity contribution < 1.29 is 9.50 Å². The van der Waals surface area contributed by atoms with Crippen molar-refractivity contribution in [1.82, 2.24) is 0 Å². The molecule has 1 aromatic carbocycles. The molecule has 3 N–H and O–H groups in total. The summed E-state index contributed by atoms with van der Waals surface area (Å²) in [6.07, 6.45) is 2.98. The molecule has 2 rings (SSSR count). The second kappa shape index (κ2) is 4.75. The van der Waals surface area contributed by atoms with Crippen LogP contribution in [0.4, 0.5) is 4.39 Å². The molecule has 0 radical (unpaired) electrons. The lowest BCUT2D eigenvalue weighted by Crippen LogP contribution is -2.40. The number of rotatable bonds is 2. The van der Waals surface area contributed by atoms with E-state index in [4.69, 9.17) is 5.73 Å². The minimum atomic E-state index is -0.219. The molecule has 0 heterocycles. The number of benzene rings is 1. The van der Waals surface area contributed by atoms with E-state index in [1.807, 2.05) is 13.0 Å². The van der Waals surface area contributed by atoms with E-state index in [1.54, 1.807) is 6.07 Å². The van der Waals surface area contributed by atoms with Gasteiger partial charge in [0.1, 0.15) is 5.82 Å². The fourth-order valence-electron chi connectivity index (χ4n) is 2.92. The third-order valence-corrected chi connectivity index (χ3v) is 4.14. The van der Waals surface area contributed by atoms with Gasteiger partial charge in [0.25, 0.3) is 0 Å². The number of halogens is 1. The monoisotopic (exact) mass is 237 g/mol. The Morgan fingerprint density at radius 2 is 2.06 bits per heavy atom. The summed E-state index contributed by atoms with van der Waals surface area (Å²) in [6.45, 7) is 2.33. The number of hydrogen-bond acceptors (Lipinski definition) is 2. The van der Waals surface area contributed by atoms with Gasteiger partial charge in [-0.15, -0.1) is 0 Å². The topological polar surface area (TPSA) is 46.2 Å². The van der Waals surface area contributed by atoms with E-state index in [9.17, 15) is 9.50 Å². The van der Waals surface area contributed by atoms with Crippen molar-refractivity contribution >= 4 is 0 Å². The van der Waals surface area contributed by atoms with Crippen LogP contribution in [0.1, 0.15) is 36.8 Å². The van der Waals surface area contributed by atoms with Crippen molar-refractivity contribution in [2.45, 2.75) is 44.1 Å². The molecule has 0 amide bonds. The summed E-state index contributed by atoms with van der Waals surface area (Å²) in [6, 6.07) is 5.21. The van der Waals surface area contributed by atoms with Gasteiger partial charge in [-0.25, -0.2) is 4.39 Å². The normalized spacial score (nSPS) is 29.3. The Morgan fingerprint density at radius 1 is 1.41 bits per heavy atom. The van der Waals surface area contributed by atoms with Gasteiger partial charge in [0.15, 0.2) is 0 Å².